The van der Waals surface area contributed by atoms with E-state index in [1.54, 1.807) is 4.90 Å². The number of hydrogen-bond donors (Lipinski definition) is 1. The maximum absolute atomic E-state index is 12.8. The van der Waals surface area contributed by atoms with Gasteiger partial charge < -0.3 is 14.8 Å². The number of fused-ring (bicyclic) bond motifs is 2. The molecular weight excluding hydrogens is 350 g/mol. The Morgan fingerprint density at radius 2 is 2.07 bits per heavy atom. The van der Waals surface area contributed by atoms with E-state index in [-0.39, 0.29) is 5.91 Å². The van der Waals surface area contributed by atoms with Gasteiger partial charge in [-0.05, 0) is 61.0 Å². The number of pyridine rings is 1. The van der Waals surface area contributed by atoms with E-state index >= 15 is 0 Å². The van der Waals surface area contributed by atoms with Crippen LogP contribution in [0.25, 0.3) is 22.2 Å². The van der Waals surface area contributed by atoms with Crippen molar-refractivity contribution in [2.75, 3.05) is 27.7 Å². The highest BCUT2D eigenvalue weighted by atomic mass is 16.2. The molecule has 0 unspecified atom stereocenters. The molecule has 1 aromatic carbocycles. The van der Waals surface area contributed by atoms with Crippen LogP contribution in [0.3, 0.4) is 0 Å². The first-order valence-electron chi connectivity index (χ1n) is 9.37. The lowest BCUT2D eigenvalue weighted by molar-refractivity contribution is 0.0780. The third-order valence-electron chi connectivity index (χ3n) is 5.32. The molecule has 0 atom stereocenters. The Balaban J connectivity index is 1.88. The Morgan fingerprint density at radius 3 is 2.82 bits per heavy atom. The molecule has 1 amide bonds. The van der Waals surface area contributed by atoms with Gasteiger partial charge in [0.05, 0.1) is 12.5 Å². The number of aromatic amines is 1. The highest BCUT2D eigenvalue weighted by molar-refractivity contribution is 5.98. The summed E-state index contributed by atoms with van der Waals surface area (Å²) in [5.74, 6) is 0.0731. The molecular formula is C22H23N5O. The molecule has 2 aromatic heterocycles. The van der Waals surface area contributed by atoms with Crippen LogP contribution >= 0.6 is 0 Å². The van der Waals surface area contributed by atoms with Gasteiger partial charge in [-0.2, -0.15) is 5.26 Å². The number of benzene rings is 1. The van der Waals surface area contributed by atoms with Crippen LogP contribution in [0.5, 0.6) is 0 Å². The van der Waals surface area contributed by atoms with Crippen molar-refractivity contribution in [2.24, 2.45) is 0 Å². The van der Waals surface area contributed by atoms with E-state index in [2.05, 4.69) is 33.1 Å². The van der Waals surface area contributed by atoms with Gasteiger partial charge in [-0.3, -0.25) is 4.79 Å². The lowest BCUT2D eigenvalue weighted by atomic mass is 9.89. The minimum absolute atomic E-state index is 0.0731. The molecule has 0 bridgehead atoms. The zero-order chi connectivity index (χ0) is 19.8. The number of nitrogens with one attached hydrogen (secondary N) is 1. The lowest BCUT2D eigenvalue weighted by Gasteiger charge is -2.28. The third kappa shape index (κ3) is 3.14. The second-order valence-electron chi connectivity index (χ2n) is 7.64. The zero-order valence-corrected chi connectivity index (χ0v) is 16.4. The number of nitriles is 1. The maximum Gasteiger partial charge on any atom is 0.253 e. The van der Waals surface area contributed by atoms with Gasteiger partial charge in [0.1, 0.15) is 5.65 Å². The Hall–Kier alpha value is -3.17. The van der Waals surface area contributed by atoms with Crippen LogP contribution in [-0.4, -0.2) is 53.4 Å². The topological polar surface area (TPSA) is 76.0 Å². The number of nitrogens with zero attached hydrogens (tertiary/aromatic N) is 4. The number of carbonyl (C=O) groups excluding carboxylic acids is 1. The van der Waals surface area contributed by atoms with Crippen LogP contribution < -0.4 is 0 Å². The van der Waals surface area contributed by atoms with Crippen LogP contribution in [0.4, 0.5) is 0 Å². The Morgan fingerprint density at radius 1 is 1.25 bits per heavy atom. The highest BCUT2D eigenvalue weighted by Gasteiger charge is 2.25. The van der Waals surface area contributed by atoms with Crippen molar-refractivity contribution in [3.8, 4) is 17.2 Å². The van der Waals surface area contributed by atoms with E-state index < -0.39 is 0 Å². The number of aromatic nitrogens is 2. The van der Waals surface area contributed by atoms with Gasteiger partial charge in [0.25, 0.3) is 5.91 Å². The standard InChI is InChI=1S/C22H23N5O/c1-26(2)13-17-8-15(9-20-18(17)5-7-27(3)22(20)28)16-10-19-14(4-6-23)11-24-21(19)25-12-16/h8-12H,4-5,7,13H2,1-3H3,(H,24,25). The molecule has 1 aliphatic rings. The monoisotopic (exact) mass is 373 g/mol. The summed E-state index contributed by atoms with van der Waals surface area (Å²) in [5.41, 5.74) is 6.78. The molecule has 0 fully saturated rings. The highest BCUT2D eigenvalue weighted by Crippen LogP contribution is 2.31. The Labute approximate surface area is 164 Å². The predicted molar refractivity (Wildman–Crippen MR) is 109 cm³/mol. The largest absolute Gasteiger partial charge is 0.346 e. The summed E-state index contributed by atoms with van der Waals surface area (Å²) in [7, 11) is 5.93. The van der Waals surface area contributed by atoms with E-state index in [1.165, 1.54) is 5.56 Å². The summed E-state index contributed by atoms with van der Waals surface area (Å²) in [6.45, 7) is 1.53. The van der Waals surface area contributed by atoms with E-state index in [0.29, 0.717) is 6.42 Å². The smallest absolute Gasteiger partial charge is 0.253 e. The molecule has 4 rings (SSSR count). The molecule has 28 heavy (non-hydrogen) atoms. The molecule has 0 saturated carbocycles. The first-order valence-corrected chi connectivity index (χ1v) is 9.37. The Kier molecular flexibility index (Phi) is 4.62. The fraction of sp³-hybridized carbons (Fsp3) is 0.318. The molecule has 0 spiro atoms. The quantitative estimate of drug-likeness (QED) is 0.763. The van der Waals surface area contributed by atoms with Gasteiger partial charge in [0.2, 0.25) is 0 Å². The normalized spacial score (nSPS) is 13.8. The van der Waals surface area contributed by atoms with Crippen molar-refractivity contribution < 1.29 is 4.79 Å². The fourth-order valence-corrected chi connectivity index (χ4v) is 3.90. The summed E-state index contributed by atoms with van der Waals surface area (Å²) in [5, 5.41) is 10.0. The third-order valence-corrected chi connectivity index (χ3v) is 5.32. The van der Waals surface area contributed by atoms with Crippen molar-refractivity contribution in [1.82, 2.24) is 19.8 Å². The molecule has 0 radical (unpaired) electrons. The van der Waals surface area contributed by atoms with Gasteiger partial charge in [0, 0.05) is 49.0 Å². The number of likely N-dealkylation sites (N-methyl/N-ethyl adjacent to an activating group) is 1. The van der Waals surface area contributed by atoms with Crippen molar-refractivity contribution in [3.63, 3.8) is 0 Å². The summed E-state index contributed by atoms with van der Waals surface area (Å²) < 4.78 is 0. The van der Waals surface area contributed by atoms with Crippen LogP contribution in [0.15, 0.2) is 30.6 Å². The number of rotatable bonds is 4. The number of hydrogen-bond acceptors (Lipinski definition) is 4. The van der Waals surface area contributed by atoms with Gasteiger partial charge in [0.15, 0.2) is 0 Å². The van der Waals surface area contributed by atoms with Gasteiger partial charge in [-0.25, -0.2) is 4.98 Å². The van der Waals surface area contributed by atoms with Crippen LogP contribution in [0.2, 0.25) is 0 Å². The zero-order valence-electron chi connectivity index (χ0n) is 16.4. The minimum Gasteiger partial charge on any atom is -0.346 e. The van der Waals surface area contributed by atoms with Crippen LogP contribution in [0.1, 0.15) is 27.0 Å². The molecule has 142 valence electrons. The summed E-state index contributed by atoms with van der Waals surface area (Å²) >= 11 is 0. The molecule has 1 aliphatic heterocycles. The average Bonchev–Trinajstić information content (AvgIpc) is 3.07. The van der Waals surface area contributed by atoms with Crippen molar-refractivity contribution in [1.29, 1.82) is 5.26 Å². The van der Waals surface area contributed by atoms with Crippen LogP contribution in [0, 0.1) is 11.3 Å². The van der Waals surface area contributed by atoms with E-state index in [0.717, 1.165) is 58.4 Å². The second kappa shape index (κ2) is 7.10. The average molecular weight is 373 g/mol. The number of amides is 1. The van der Waals surface area contributed by atoms with Crippen molar-refractivity contribution in [2.45, 2.75) is 19.4 Å². The van der Waals surface area contributed by atoms with E-state index in [1.807, 2.05) is 39.6 Å². The van der Waals surface area contributed by atoms with Crippen LogP contribution in [-0.2, 0) is 19.4 Å². The first kappa shape index (κ1) is 18.2. The van der Waals surface area contributed by atoms with Gasteiger partial charge in [-0.15, -0.1) is 0 Å². The first-order chi connectivity index (χ1) is 13.5. The Bertz CT molecular complexity index is 1110. The molecule has 1 N–H and O–H groups in total. The number of H-pyrrole nitrogens is 1. The molecule has 6 heteroatoms. The summed E-state index contributed by atoms with van der Waals surface area (Å²) in [6, 6.07) is 8.43. The summed E-state index contributed by atoms with van der Waals surface area (Å²) in [4.78, 5) is 24.4. The van der Waals surface area contributed by atoms with E-state index in [9.17, 15) is 4.79 Å². The maximum atomic E-state index is 12.8. The molecule has 0 aliphatic carbocycles. The van der Waals surface area contributed by atoms with Crippen molar-refractivity contribution in [3.05, 3.63) is 52.8 Å². The minimum atomic E-state index is 0.0731. The predicted octanol–water partition coefficient (Wildman–Crippen LogP) is 2.99. The van der Waals surface area contributed by atoms with E-state index in [4.69, 9.17) is 5.26 Å². The van der Waals surface area contributed by atoms with Gasteiger partial charge in [-0.1, -0.05) is 0 Å². The molecule has 6 nitrogen and oxygen atoms in total. The molecule has 3 heterocycles. The molecule has 3 aromatic rings. The number of carbonyl (C=O) groups is 1. The van der Waals surface area contributed by atoms with Gasteiger partial charge >= 0.3 is 0 Å². The summed E-state index contributed by atoms with van der Waals surface area (Å²) in [6.07, 6.45) is 4.88. The SMILES string of the molecule is CN(C)Cc1cc(-c2cnc3[nH]cc(CC#N)c3c2)cc2c1CCN(C)C2=O. The second-order valence-corrected chi connectivity index (χ2v) is 7.64. The van der Waals surface area contributed by atoms with Crippen molar-refractivity contribution >= 4 is 16.9 Å². The fourth-order valence-electron chi connectivity index (χ4n) is 3.90. The molecule has 0 saturated heterocycles. The lowest BCUT2D eigenvalue weighted by Crippen LogP contribution is -2.35.